The number of likely N-dealkylation sites (tertiary alicyclic amines) is 1. The average molecular weight is 465 g/mol. The Bertz CT molecular complexity index is 1090. The van der Waals surface area contributed by atoms with Crippen molar-refractivity contribution < 1.29 is 29.0 Å². The van der Waals surface area contributed by atoms with Crippen molar-refractivity contribution in [1.29, 1.82) is 0 Å². The van der Waals surface area contributed by atoms with Gasteiger partial charge in [-0.25, -0.2) is 9.59 Å². The van der Waals surface area contributed by atoms with Crippen LogP contribution in [0.3, 0.4) is 0 Å². The lowest BCUT2D eigenvalue weighted by Crippen LogP contribution is -2.58. The summed E-state index contributed by atoms with van der Waals surface area (Å²) in [6.07, 6.45) is 1.27. The Morgan fingerprint density at radius 1 is 1.12 bits per heavy atom. The average Bonchev–Trinajstić information content (AvgIpc) is 3.53. The molecule has 2 aliphatic carbocycles. The van der Waals surface area contributed by atoms with E-state index in [0.717, 1.165) is 35.1 Å². The van der Waals surface area contributed by atoms with Gasteiger partial charge < -0.3 is 24.8 Å². The fourth-order valence-corrected chi connectivity index (χ4v) is 5.68. The van der Waals surface area contributed by atoms with E-state index in [1.807, 2.05) is 36.4 Å². The summed E-state index contributed by atoms with van der Waals surface area (Å²) in [5.41, 5.74) is 3.30. The third-order valence-corrected chi connectivity index (χ3v) is 7.39. The number of piperidine rings is 1. The van der Waals surface area contributed by atoms with Gasteiger partial charge in [0, 0.05) is 19.6 Å². The van der Waals surface area contributed by atoms with Crippen LogP contribution in [-0.2, 0) is 19.1 Å². The maximum absolute atomic E-state index is 13.3. The summed E-state index contributed by atoms with van der Waals surface area (Å²) in [4.78, 5) is 39.4. The van der Waals surface area contributed by atoms with Crippen LogP contribution < -0.4 is 5.32 Å². The molecule has 34 heavy (non-hydrogen) atoms. The summed E-state index contributed by atoms with van der Waals surface area (Å²) in [5, 5.41) is 12.4. The van der Waals surface area contributed by atoms with E-state index in [9.17, 15) is 19.5 Å². The third kappa shape index (κ3) is 3.62. The Kier molecular flexibility index (Phi) is 5.77. The summed E-state index contributed by atoms with van der Waals surface area (Å²) in [6, 6.07) is 15.1. The van der Waals surface area contributed by atoms with Gasteiger partial charge in [-0.2, -0.15) is 0 Å². The first-order chi connectivity index (χ1) is 16.5. The number of amides is 2. The molecule has 3 aliphatic rings. The molecule has 1 heterocycles. The van der Waals surface area contributed by atoms with Crippen molar-refractivity contribution in [2.75, 3.05) is 26.9 Å². The Hall–Kier alpha value is -3.39. The molecular formula is C26H28N2O6. The fraction of sp³-hybridized carbons (Fsp3) is 0.423. The number of carboxylic acid groups (broad SMARTS) is 1. The first-order valence-electron chi connectivity index (χ1n) is 11.6. The number of aliphatic carboxylic acids is 1. The third-order valence-electron chi connectivity index (χ3n) is 7.39. The van der Waals surface area contributed by atoms with Crippen LogP contribution in [0.1, 0.15) is 36.3 Å². The highest BCUT2D eigenvalue weighted by Gasteiger charge is 2.67. The minimum Gasteiger partial charge on any atom is -0.479 e. The first-order valence-corrected chi connectivity index (χ1v) is 11.6. The van der Waals surface area contributed by atoms with E-state index < -0.39 is 29.6 Å². The van der Waals surface area contributed by atoms with Crippen LogP contribution in [0.5, 0.6) is 0 Å². The number of hydrogen-bond acceptors (Lipinski definition) is 5. The smallest absolute Gasteiger partial charge is 0.407 e. The maximum atomic E-state index is 13.3. The van der Waals surface area contributed by atoms with Crippen molar-refractivity contribution in [3.63, 3.8) is 0 Å². The quantitative estimate of drug-likeness (QED) is 0.653. The Morgan fingerprint density at radius 3 is 2.38 bits per heavy atom. The van der Waals surface area contributed by atoms with Crippen LogP contribution in [-0.4, -0.2) is 66.4 Å². The van der Waals surface area contributed by atoms with E-state index in [-0.39, 0.29) is 25.0 Å². The molecule has 1 saturated heterocycles. The van der Waals surface area contributed by atoms with Gasteiger partial charge in [-0.15, -0.1) is 0 Å². The molecule has 8 heteroatoms. The SMILES string of the molecule is COCC(NC(=O)OCC1c2ccccc2-c2ccccc21)C(=O)N1CCC[C@@H]2C[C@@]21C(=O)O. The number of rotatable bonds is 7. The zero-order valence-electron chi connectivity index (χ0n) is 19.0. The molecular weight excluding hydrogens is 436 g/mol. The van der Waals surface area contributed by atoms with Crippen molar-refractivity contribution in [1.82, 2.24) is 10.2 Å². The van der Waals surface area contributed by atoms with E-state index in [1.165, 1.54) is 12.0 Å². The summed E-state index contributed by atoms with van der Waals surface area (Å²) < 4.78 is 10.7. The van der Waals surface area contributed by atoms with Gasteiger partial charge >= 0.3 is 12.1 Å². The van der Waals surface area contributed by atoms with Gasteiger partial charge in [-0.1, -0.05) is 48.5 Å². The molecule has 1 aliphatic heterocycles. The van der Waals surface area contributed by atoms with Gasteiger partial charge in [-0.3, -0.25) is 4.79 Å². The van der Waals surface area contributed by atoms with Gasteiger partial charge in [-0.05, 0) is 47.4 Å². The molecule has 0 aromatic heterocycles. The molecule has 5 rings (SSSR count). The summed E-state index contributed by atoms with van der Waals surface area (Å²) >= 11 is 0. The standard InChI is InChI=1S/C26H28N2O6/c1-33-15-22(23(29)28-12-6-7-16-13-26(16,28)24(30)31)27-25(32)34-14-21-19-10-4-2-8-17(19)18-9-3-5-11-20(18)21/h2-5,8-11,16,21-22H,6-7,12-15H2,1H3,(H,27,32)(H,30,31)/t16-,22?,26+/m1/s1. The van der Waals surface area contributed by atoms with E-state index in [2.05, 4.69) is 17.4 Å². The number of alkyl carbamates (subject to hydrolysis) is 1. The number of benzene rings is 2. The van der Waals surface area contributed by atoms with Gasteiger partial charge in [0.15, 0.2) is 0 Å². The number of carboxylic acids is 1. The molecule has 2 N–H and O–H groups in total. The largest absolute Gasteiger partial charge is 0.479 e. The number of nitrogens with zero attached hydrogens (tertiary/aromatic N) is 1. The van der Waals surface area contributed by atoms with Crippen LogP contribution in [0.2, 0.25) is 0 Å². The summed E-state index contributed by atoms with van der Waals surface area (Å²) in [5.74, 6) is -1.55. The number of nitrogens with one attached hydrogen (secondary N) is 1. The topological polar surface area (TPSA) is 105 Å². The van der Waals surface area contributed by atoms with Crippen molar-refractivity contribution in [3.8, 4) is 11.1 Å². The number of ether oxygens (including phenoxy) is 2. The second-order valence-electron chi connectivity index (χ2n) is 9.24. The van der Waals surface area contributed by atoms with Gasteiger partial charge in [0.05, 0.1) is 6.61 Å². The molecule has 1 saturated carbocycles. The summed E-state index contributed by atoms with van der Waals surface area (Å²) in [7, 11) is 1.43. The van der Waals surface area contributed by atoms with Crippen LogP contribution in [0, 0.1) is 5.92 Å². The van der Waals surface area contributed by atoms with Crippen LogP contribution in [0.25, 0.3) is 11.1 Å². The molecule has 1 unspecified atom stereocenters. The fourth-order valence-electron chi connectivity index (χ4n) is 5.68. The molecule has 2 fully saturated rings. The van der Waals surface area contributed by atoms with Crippen LogP contribution in [0.4, 0.5) is 4.79 Å². The van der Waals surface area contributed by atoms with Crippen molar-refractivity contribution in [2.45, 2.75) is 36.8 Å². The Balaban J connectivity index is 1.27. The lowest BCUT2D eigenvalue weighted by atomic mass is 9.98. The van der Waals surface area contributed by atoms with Crippen LogP contribution >= 0.6 is 0 Å². The normalized spacial score (nSPS) is 23.3. The highest BCUT2D eigenvalue weighted by Crippen LogP contribution is 2.54. The second-order valence-corrected chi connectivity index (χ2v) is 9.24. The molecule has 178 valence electrons. The second kappa shape index (κ2) is 8.76. The van der Waals surface area contributed by atoms with E-state index in [1.54, 1.807) is 0 Å². The molecule has 8 nitrogen and oxygen atoms in total. The lowest BCUT2D eigenvalue weighted by Gasteiger charge is -2.36. The molecule has 0 bridgehead atoms. The zero-order valence-corrected chi connectivity index (χ0v) is 19.0. The predicted octanol–water partition coefficient (Wildman–Crippen LogP) is 3.01. The number of carbonyl (C=O) groups excluding carboxylic acids is 2. The Morgan fingerprint density at radius 2 is 1.76 bits per heavy atom. The molecule has 2 aromatic carbocycles. The molecule has 2 amide bonds. The first kappa shape index (κ1) is 22.4. The van der Waals surface area contributed by atoms with E-state index in [4.69, 9.17) is 9.47 Å². The minimum atomic E-state index is -1.15. The lowest BCUT2D eigenvalue weighted by molar-refractivity contribution is -0.156. The van der Waals surface area contributed by atoms with E-state index in [0.29, 0.717) is 13.0 Å². The van der Waals surface area contributed by atoms with Gasteiger partial charge in [0.2, 0.25) is 5.91 Å². The van der Waals surface area contributed by atoms with Crippen molar-refractivity contribution in [2.24, 2.45) is 5.92 Å². The number of carbonyl (C=O) groups is 3. The molecule has 0 spiro atoms. The van der Waals surface area contributed by atoms with Crippen molar-refractivity contribution in [3.05, 3.63) is 59.7 Å². The highest BCUT2D eigenvalue weighted by atomic mass is 16.5. The van der Waals surface area contributed by atoms with Crippen LogP contribution in [0.15, 0.2) is 48.5 Å². The van der Waals surface area contributed by atoms with Gasteiger partial charge in [0.1, 0.15) is 18.2 Å². The Labute approximate surface area is 197 Å². The number of hydrogen-bond donors (Lipinski definition) is 2. The van der Waals surface area contributed by atoms with Gasteiger partial charge in [0.25, 0.3) is 0 Å². The zero-order chi connectivity index (χ0) is 23.9. The predicted molar refractivity (Wildman–Crippen MR) is 123 cm³/mol. The minimum absolute atomic E-state index is 0.0275. The molecule has 0 radical (unpaired) electrons. The summed E-state index contributed by atoms with van der Waals surface area (Å²) in [6.45, 7) is 0.409. The monoisotopic (exact) mass is 464 g/mol. The van der Waals surface area contributed by atoms with E-state index >= 15 is 0 Å². The maximum Gasteiger partial charge on any atom is 0.407 e. The molecule has 3 atom stereocenters. The van der Waals surface area contributed by atoms with Crippen molar-refractivity contribution >= 4 is 18.0 Å². The highest BCUT2D eigenvalue weighted by molar-refractivity contribution is 5.94. The molecule has 2 aromatic rings. The number of methoxy groups -OCH3 is 1. The number of fused-ring (bicyclic) bond motifs is 4.